The molecule has 0 aromatic heterocycles. The number of piperidine rings is 1. The molecule has 1 aliphatic heterocycles. The molecule has 1 aliphatic rings. The number of carbonyl (C=O) groups is 1. The number of benzene rings is 1. The second kappa shape index (κ2) is 9.69. The van der Waals surface area contributed by atoms with Gasteiger partial charge in [0.25, 0.3) is 5.91 Å². The van der Waals surface area contributed by atoms with Gasteiger partial charge in [0.1, 0.15) is 17.5 Å². The van der Waals surface area contributed by atoms with Crippen molar-refractivity contribution in [3.05, 3.63) is 41.2 Å². The van der Waals surface area contributed by atoms with E-state index in [-0.39, 0.29) is 23.9 Å². The molecule has 0 atom stereocenters. The van der Waals surface area contributed by atoms with Gasteiger partial charge in [-0.25, -0.2) is 4.39 Å². The Bertz CT molecular complexity index is 541. The maximum atomic E-state index is 12.8. The summed E-state index contributed by atoms with van der Waals surface area (Å²) < 4.78 is 12.8. The average molecular weight is 304 g/mol. The van der Waals surface area contributed by atoms with E-state index in [9.17, 15) is 9.18 Å². The first kappa shape index (κ1) is 17.9. The van der Waals surface area contributed by atoms with Crippen molar-refractivity contribution < 1.29 is 14.3 Å². The van der Waals surface area contributed by atoms with Gasteiger partial charge in [0.15, 0.2) is 0 Å². The highest BCUT2D eigenvalue weighted by Gasteiger charge is 2.20. The van der Waals surface area contributed by atoms with E-state index < -0.39 is 0 Å². The lowest BCUT2D eigenvalue weighted by molar-refractivity contribution is -0.127. The van der Waals surface area contributed by atoms with Crippen LogP contribution in [0.2, 0.25) is 0 Å². The lowest BCUT2D eigenvalue weighted by Gasteiger charge is -2.26. The van der Waals surface area contributed by atoms with Crippen molar-refractivity contribution in [2.45, 2.75) is 26.2 Å². The molecule has 5 heteroatoms. The summed E-state index contributed by atoms with van der Waals surface area (Å²) in [6.07, 6.45) is 4.62. The predicted octanol–water partition coefficient (Wildman–Crippen LogP) is 2.74. The number of likely N-dealkylation sites (tertiary alicyclic amines) is 1. The molecule has 0 unspecified atom stereocenters. The molecule has 0 bridgehead atoms. The molecular formula is C17H21FN2O2. The predicted molar refractivity (Wildman–Crippen MR) is 83.2 cm³/mol. The highest BCUT2D eigenvalue weighted by Crippen LogP contribution is 2.14. The van der Waals surface area contributed by atoms with Crippen molar-refractivity contribution in [1.29, 1.82) is 5.26 Å². The Kier molecular flexibility index (Phi) is 7.87. The molecular weight excluding hydrogens is 283 g/mol. The van der Waals surface area contributed by atoms with Crippen LogP contribution in [0.15, 0.2) is 29.8 Å². The van der Waals surface area contributed by atoms with E-state index in [0.29, 0.717) is 18.7 Å². The van der Waals surface area contributed by atoms with Crippen LogP contribution in [0.5, 0.6) is 0 Å². The van der Waals surface area contributed by atoms with Crippen LogP contribution in [0.3, 0.4) is 0 Å². The Labute approximate surface area is 130 Å². The number of halogens is 1. The summed E-state index contributed by atoms with van der Waals surface area (Å²) in [6, 6.07) is 7.67. The second-order valence-electron chi connectivity index (χ2n) is 4.89. The van der Waals surface area contributed by atoms with E-state index in [1.54, 1.807) is 24.0 Å². The molecule has 118 valence electrons. The molecule has 1 amide bonds. The minimum absolute atomic E-state index is 0.105. The molecule has 1 saturated heterocycles. The van der Waals surface area contributed by atoms with Gasteiger partial charge in [-0.05, 0) is 50.0 Å². The zero-order valence-electron chi connectivity index (χ0n) is 12.8. The first-order valence-electron chi connectivity index (χ1n) is 7.39. The molecule has 1 aromatic carbocycles. The first-order chi connectivity index (χ1) is 10.6. The van der Waals surface area contributed by atoms with Crippen LogP contribution in [0, 0.1) is 17.1 Å². The van der Waals surface area contributed by atoms with E-state index in [0.717, 1.165) is 19.3 Å². The van der Waals surface area contributed by atoms with E-state index in [1.807, 2.05) is 6.07 Å². The summed E-state index contributed by atoms with van der Waals surface area (Å²) in [4.78, 5) is 13.9. The second-order valence-corrected chi connectivity index (χ2v) is 4.89. The molecule has 1 N–H and O–H groups in total. The Hall–Kier alpha value is -2.19. The maximum Gasteiger partial charge on any atom is 0.264 e. The largest absolute Gasteiger partial charge is 0.397 e. The topological polar surface area (TPSA) is 64.3 Å². The fraction of sp³-hybridized carbons (Fsp3) is 0.412. The molecule has 1 aromatic rings. The third kappa shape index (κ3) is 5.66. The van der Waals surface area contributed by atoms with Gasteiger partial charge in [-0.3, -0.25) is 4.79 Å². The van der Waals surface area contributed by atoms with E-state index in [1.165, 1.54) is 18.2 Å². The maximum absolute atomic E-state index is 12.8. The number of aliphatic hydroxyl groups is 1. The third-order valence-corrected chi connectivity index (χ3v) is 3.18. The Balaban J connectivity index is 0.000000745. The molecule has 1 fully saturated rings. The molecule has 4 nitrogen and oxygen atoms in total. The van der Waals surface area contributed by atoms with Crippen LogP contribution in [0.25, 0.3) is 6.08 Å². The summed E-state index contributed by atoms with van der Waals surface area (Å²) in [7, 11) is 0. The minimum Gasteiger partial charge on any atom is -0.397 e. The summed E-state index contributed by atoms with van der Waals surface area (Å²) in [5.41, 5.74) is 0.761. The summed E-state index contributed by atoms with van der Waals surface area (Å²) in [5.74, 6) is -0.565. The van der Waals surface area contributed by atoms with Crippen molar-refractivity contribution in [1.82, 2.24) is 4.90 Å². The first-order valence-corrected chi connectivity index (χ1v) is 7.39. The van der Waals surface area contributed by atoms with Gasteiger partial charge in [0.05, 0.1) is 0 Å². The molecule has 0 spiro atoms. The van der Waals surface area contributed by atoms with Crippen LogP contribution in [-0.2, 0) is 4.79 Å². The number of aliphatic hydroxyl groups excluding tert-OH is 1. The van der Waals surface area contributed by atoms with Gasteiger partial charge in [-0.2, -0.15) is 5.26 Å². The Morgan fingerprint density at radius 2 is 1.86 bits per heavy atom. The summed E-state index contributed by atoms with van der Waals surface area (Å²) in [6.45, 7) is 3.35. The smallest absolute Gasteiger partial charge is 0.264 e. The van der Waals surface area contributed by atoms with Crippen LogP contribution in [0.4, 0.5) is 4.39 Å². The number of nitriles is 1. The van der Waals surface area contributed by atoms with Crippen molar-refractivity contribution in [2.75, 3.05) is 19.7 Å². The number of nitrogens with zero attached hydrogens (tertiary/aromatic N) is 2. The third-order valence-electron chi connectivity index (χ3n) is 3.18. The normalized spacial score (nSPS) is 14.6. The van der Waals surface area contributed by atoms with Crippen LogP contribution < -0.4 is 0 Å². The zero-order valence-corrected chi connectivity index (χ0v) is 12.8. The van der Waals surface area contributed by atoms with E-state index in [4.69, 9.17) is 10.4 Å². The van der Waals surface area contributed by atoms with Crippen LogP contribution in [0.1, 0.15) is 31.7 Å². The SMILES string of the molecule is CCO.N#C/C(=C\c1ccc(F)cc1)C(=O)N1CCCCC1. The fourth-order valence-corrected chi connectivity index (χ4v) is 2.13. The van der Waals surface area contributed by atoms with Gasteiger partial charge >= 0.3 is 0 Å². The van der Waals surface area contributed by atoms with Crippen LogP contribution in [-0.4, -0.2) is 35.6 Å². The number of carbonyl (C=O) groups excluding carboxylic acids is 1. The minimum atomic E-state index is -0.335. The van der Waals surface area contributed by atoms with Crippen molar-refractivity contribution >= 4 is 12.0 Å². The number of amides is 1. The van der Waals surface area contributed by atoms with Gasteiger partial charge in [-0.1, -0.05) is 12.1 Å². The van der Waals surface area contributed by atoms with Gasteiger partial charge in [-0.15, -0.1) is 0 Å². The zero-order chi connectivity index (χ0) is 16.4. The lowest BCUT2D eigenvalue weighted by Crippen LogP contribution is -2.36. The van der Waals surface area contributed by atoms with Crippen LogP contribution >= 0.6 is 0 Å². The monoisotopic (exact) mass is 304 g/mol. The van der Waals surface area contributed by atoms with Crippen molar-refractivity contribution in [2.24, 2.45) is 0 Å². The van der Waals surface area contributed by atoms with Gasteiger partial charge < -0.3 is 10.0 Å². The molecule has 0 saturated carbocycles. The highest BCUT2D eigenvalue weighted by atomic mass is 19.1. The Morgan fingerprint density at radius 1 is 1.32 bits per heavy atom. The van der Waals surface area contributed by atoms with Gasteiger partial charge in [0.2, 0.25) is 0 Å². The van der Waals surface area contributed by atoms with E-state index >= 15 is 0 Å². The molecule has 0 radical (unpaired) electrons. The molecule has 0 aliphatic carbocycles. The van der Waals surface area contributed by atoms with E-state index in [2.05, 4.69) is 0 Å². The molecule has 22 heavy (non-hydrogen) atoms. The van der Waals surface area contributed by atoms with Gasteiger partial charge in [0, 0.05) is 19.7 Å². The number of hydrogen-bond donors (Lipinski definition) is 1. The van der Waals surface area contributed by atoms with Crippen molar-refractivity contribution in [3.63, 3.8) is 0 Å². The summed E-state index contributed by atoms with van der Waals surface area (Å²) in [5, 5.41) is 16.7. The standard InChI is InChI=1S/C15H15FN2O.C2H6O/c16-14-6-4-12(5-7-14)10-13(11-17)15(19)18-8-2-1-3-9-18;1-2-3/h4-7,10H,1-3,8-9H2;3H,2H2,1H3/b13-10+;. The Morgan fingerprint density at radius 3 is 2.36 bits per heavy atom. The number of rotatable bonds is 2. The summed E-state index contributed by atoms with van der Waals surface area (Å²) >= 11 is 0. The molecule has 2 rings (SSSR count). The number of hydrogen-bond acceptors (Lipinski definition) is 3. The lowest BCUT2D eigenvalue weighted by atomic mass is 10.1. The molecule has 1 heterocycles. The van der Waals surface area contributed by atoms with Crippen molar-refractivity contribution in [3.8, 4) is 6.07 Å². The fourth-order valence-electron chi connectivity index (χ4n) is 2.13. The average Bonchev–Trinajstić information content (AvgIpc) is 2.55. The highest BCUT2D eigenvalue weighted by molar-refractivity contribution is 6.01. The quantitative estimate of drug-likeness (QED) is 0.675.